The fourth-order valence-corrected chi connectivity index (χ4v) is 4.80. The number of carbonyl (C=O) groups excluding carboxylic acids is 1. The van der Waals surface area contributed by atoms with Crippen LogP contribution in [0.1, 0.15) is 29.3 Å². The van der Waals surface area contributed by atoms with E-state index in [1.54, 1.807) is 17.5 Å². The number of rotatable bonds is 11. The number of aromatic nitrogens is 1. The van der Waals surface area contributed by atoms with E-state index in [4.69, 9.17) is 21.1 Å². The molecule has 0 atom stereocenters. The molecule has 7 nitrogen and oxygen atoms in total. The monoisotopic (exact) mass is 666 g/mol. The minimum Gasteiger partial charge on any atom is -0.490 e. The first-order valence-electron chi connectivity index (χ1n) is 12.1. The van der Waals surface area contributed by atoms with Crippen LogP contribution in [0.4, 0.5) is 24.0 Å². The second kappa shape index (κ2) is 13.8. The zero-order chi connectivity index (χ0) is 29.4. The van der Waals surface area contributed by atoms with Crippen molar-refractivity contribution in [2.75, 3.05) is 11.9 Å². The molecule has 1 heterocycles. The van der Waals surface area contributed by atoms with Crippen LogP contribution in [0, 0.1) is 0 Å². The number of hydrazone groups is 1. The third-order valence-corrected chi connectivity index (χ3v) is 6.98. The normalized spacial score (nSPS) is 11.5. The second-order valence-electron chi connectivity index (χ2n) is 8.50. The molecule has 13 heteroatoms. The molecule has 4 rings (SSSR count). The van der Waals surface area contributed by atoms with Crippen molar-refractivity contribution in [2.45, 2.75) is 26.1 Å². The number of alkyl halides is 3. The van der Waals surface area contributed by atoms with Gasteiger partial charge in [-0.2, -0.15) is 18.3 Å². The highest BCUT2D eigenvalue weighted by Gasteiger charge is 2.30. The van der Waals surface area contributed by atoms with Crippen molar-refractivity contribution in [1.29, 1.82) is 0 Å². The van der Waals surface area contributed by atoms with Gasteiger partial charge < -0.3 is 14.8 Å². The van der Waals surface area contributed by atoms with Crippen LogP contribution in [0.3, 0.4) is 0 Å². The number of nitrogens with one attached hydrogen (secondary N) is 2. The van der Waals surface area contributed by atoms with Gasteiger partial charge in [0, 0.05) is 15.5 Å². The van der Waals surface area contributed by atoms with E-state index in [-0.39, 0.29) is 12.1 Å². The molecule has 0 saturated heterocycles. The first-order valence-corrected chi connectivity index (χ1v) is 14.2. The Morgan fingerprint density at radius 3 is 2.66 bits per heavy atom. The summed E-state index contributed by atoms with van der Waals surface area (Å²) in [5, 5.41) is 9.14. The summed E-state index contributed by atoms with van der Waals surface area (Å²) in [6.45, 7) is 2.53. The van der Waals surface area contributed by atoms with Crippen molar-refractivity contribution in [3.63, 3.8) is 0 Å². The van der Waals surface area contributed by atoms with Gasteiger partial charge in [-0.1, -0.05) is 45.7 Å². The highest BCUT2D eigenvalue weighted by Crippen LogP contribution is 2.37. The van der Waals surface area contributed by atoms with Crippen LogP contribution < -0.4 is 20.2 Å². The Labute approximate surface area is 251 Å². The lowest BCUT2D eigenvalue weighted by Crippen LogP contribution is -2.20. The van der Waals surface area contributed by atoms with Gasteiger partial charge in [-0.3, -0.25) is 4.79 Å². The lowest BCUT2D eigenvalue weighted by atomic mass is 10.2. The van der Waals surface area contributed by atoms with Crippen molar-refractivity contribution in [1.82, 2.24) is 10.4 Å². The first kappa shape index (κ1) is 30.4. The standard InChI is InChI=1S/C28H23BrClF3N4O3S/c1-2-39-24-11-18(10-23(30)26(24)40-15-17-6-8-20(29)9-7-17)14-34-37-25(38)13-22-16-41-27(36-22)35-21-5-3-4-19(12-21)28(31,32)33/h3-12,14,16H,2,13,15H2,1H3,(H,35,36)(H,37,38)/b34-14-. The summed E-state index contributed by atoms with van der Waals surface area (Å²) in [5.41, 5.74) is 3.87. The molecule has 0 saturated carbocycles. The number of hydrogen-bond donors (Lipinski definition) is 2. The van der Waals surface area contributed by atoms with Crippen molar-refractivity contribution >= 4 is 61.8 Å². The zero-order valence-electron chi connectivity index (χ0n) is 21.5. The molecule has 0 aliphatic rings. The van der Waals surface area contributed by atoms with Gasteiger partial charge in [-0.25, -0.2) is 10.4 Å². The topological polar surface area (TPSA) is 84.8 Å². The van der Waals surface area contributed by atoms with Crippen molar-refractivity contribution in [3.05, 3.63) is 97.9 Å². The average Bonchev–Trinajstić information content (AvgIpc) is 3.35. The molecule has 0 spiro atoms. The number of carbonyl (C=O) groups is 1. The summed E-state index contributed by atoms with van der Waals surface area (Å²) in [6, 6.07) is 15.8. The number of anilines is 2. The van der Waals surface area contributed by atoms with Crippen LogP contribution in [0.2, 0.25) is 5.02 Å². The number of benzene rings is 3. The van der Waals surface area contributed by atoms with Crippen molar-refractivity contribution in [3.8, 4) is 11.5 Å². The van der Waals surface area contributed by atoms with Crippen molar-refractivity contribution in [2.24, 2.45) is 5.10 Å². The summed E-state index contributed by atoms with van der Waals surface area (Å²) in [6.07, 6.45) is -3.10. The summed E-state index contributed by atoms with van der Waals surface area (Å²) < 4.78 is 51.4. The molecule has 0 radical (unpaired) electrons. The minimum atomic E-state index is -4.45. The van der Waals surface area contributed by atoms with Gasteiger partial charge in [0.1, 0.15) is 6.61 Å². The molecule has 3 aromatic carbocycles. The number of ether oxygens (including phenoxy) is 2. The Kier molecular flexibility index (Phi) is 10.2. The fourth-order valence-electron chi connectivity index (χ4n) is 3.53. The van der Waals surface area contributed by atoms with Gasteiger partial charge in [0.05, 0.1) is 35.5 Å². The second-order valence-corrected chi connectivity index (χ2v) is 10.7. The minimum absolute atomic E-state index is 0.0775. The van der Waals surface area contributed by atoms with E-state index in [1.165, 1.54) is 29.7 Å². The first-order chi connectivity index (χ1) is 19.6. The number of thiazole rings is 1. The summed E-state index contributed by atoms with van der Waals surface area (Å²) in [4.78, 5) is 16.6. The summed E-state index contributed by atoms with van der Waals surface area (Å²) in [5.74, 6) is 0.409. The molecule has 1 aromatic heterocycles. The fraction of sp³-hybridized carbons (Fsp3) is 0.179. The average molecular weight is 668 g/mol. The van der Waals surface area contributed by atoms with E-state index in [0.717, 1.165) is 22.2 Å². The van der Waals surface area contributed by atoms with E-state index >= 15 is 0 Å². The largest absolute Gasteiger partial charge is 0.490 e. The number of hydrogen-bond acceptors (Lipinski definition) is 7. The molecular formula is C28H23BrClF3N4O3S. The molecule has 1 amide bonds. The third-order valence-electron chi connectivity index (χ3n) is 5.37. The SMILES string of the molecule is CCOc1cc(/C=N\NC(=O)Cc2csc(Nc3cccc(C(F)(F)F)c3)n2)cc(Cl)c1OCc1ccc(Br)cc1. The molecule has 4 aromatic rings. The highest BCUT2D eigenvalue weighted by atomic mass is 79.9. The van der Waals surface area contributed by atoms with Gasteiger partial charge >= 0.3 is 6.18 Å². The zero-order valence-corrected chi connectivity index (χ0v) is 24.6. The molecule has 0 fully saturated rings. The maximum atomic E-state index is 12.9. The van der Waals surface area contributed by atoms with Crippen LogP contribution in [0.15, 0.2) is 75.6 Å². The van der Waals surface area contributed by atoms with Gasteiger partial charge in [0.2, 0.25) is 5.91 Å². The summed E-state index contributed by atoms with van der Waals surface area (Å²) in [7, 11) is 0. The maximum Gasteiger partial charge on any atom is 0.416 e. The van der Waals surface area contributed by atoms with E-state index in [2.05, 4.69) is 36.8 Å². The Morgan fingerprint density at radius 2 is 1.93 bits per heavy atom. The molecule has 0 bridgehead atoms. The van der Waals surface area contributed by atoms with Crippen LogP contribution in [-0.2, 0) is 24.0 Å². The highest BCUT2D eigenvalue weighted by molar-refractivity contribution is 9.10. The van der Waals surface area contributed by atoms with Gasteiger partial charge in [0.25, 0.3) is 0 Å². The molecule has 0 unspecified atom stereocenters. The van der Waals surface area contributed by atoms with E-state index < -0.39 is 17.6 Å². The van der Waals surface area contributed by atoms with Crippen LogP contribution in [-0.4, -0.2) is 23.7 Å². The Morgan fingerprint density at radius 1 is 1.15 bits per heavy atom. The van der Waals surface area contributed by atoms with Gasteiger partial charge in [-0.15, -0.1) is 11.3 Å². The smallest absolute Gasteiger partial charge is 0.416 e. The molecule has 0 aliphatic carbocycles. The Hall–Kier alpha value is -3.61. The maximum absolute atomic E-state index is 12.9. The Bertz CT molecular complexity index is 1530. The lowest BCUT2D eigenvalue weighted by molar-refractivity contribution is -0.137. The predicted molar refractivity (Wildman–Crippen MR) is 157 cm³/mol. The van der Waals surface area contributed by atoms with Crippen LogP contribution in [0.5, 0.6) is 11.5 Å². The van der Waals surface area contributed by atoms with E-state index in [1.807, 2.05) is 31.2 Å². The van der Waals surface area contributed by atoms with E-state index in [0.29, 0.717) is 46.1 Å². The van der Waals surface area contributed by atoms with Gasteiger partial charge in [-0.05, 0) is 60.5 Å². The molecular weight excluding hydrogens is 645 g/mol. The quantitative estimate of drug-likeness (QED) is 0.125. The molecule has 2 N–H and O–H groups in total. The van der Waals surface area contributed by atoms with Crippen molar-refractivity contribution < 1.29 is 27.4 Å². The Balaban J connectivity index is 1.34. The lowest BCUT2D eigenvalue weighted by Gasteiger charge is -2.14. The molecule has 41 heavy (non-hydrogen) atoms. The number of halogens is 5. The molecule has 0 aliphatic heterocycles. The van der Waals surface area contributed by atoms with E-state index in [9.17, 15) is 18.0 Å². The predicted octanol–water partition coefficient (Wildman–Crippen LogP) is 7.99. The number of amides is 1. The van der Waals surface area contributed by atoms with Crippen LogP contribution in [0.25, 0.3) is 0 Å². The summed E-state index contributed by atoms with van der Waals surface area (Å²) >= 11 is 11.0. The van der Waals surface area contributed by atoms with Crippen LogP contribution >= 0.6 is 38.9 Å². The molecule has 214 valence electrons. The van der Waals surface area contributed by atoms with Gasteiger partial charge in [0.15, 0.2) is 16.6 Å². The number of nitrogens with zero attached hydrogens (tertiary/aromatic N) is 2. The third kappa shape index (κ3) is 8.94.